The van der Waals surface area contributed by atoms with Crippen LogP contribution in [0.4, 0.5) is 5.00 Å². The SMILES string of the molecule is CCOC(=O)c1cc(-c2ccccc2)sc1NC(=O)COC(=O)[C@H]1C[C@@H]1C. The van der Waals surface area contributed by atoms with E-state index in [1.165, 1.54) is 11.3 Å². The van der Waals surface area contributed by atoms with Crippen molar-refractivity contribution in [2.75, 3.05) is 18.5 Å². The number of anilines is 1. The summed E-state index contributed by atoms with van der Waals surface area (Å²) in [6.45, 7) is 3.55. The molecule has 1 aliphatic carbocycles. The summed E-state index contributed by atoms with van der Waals surface area (Å²) in [7, 11) is 0. The summed E-state index contributed by atoms with van der Waals surface area (Å²) in [5.41, 5.74) is 1.22. The third-order valence-corrected chi connectivity index (χ3v) is 5.40. The maximum atomic E-state index is 12.2. The highest BCUT2D eigenvalue weighted by atomic mass is 32.1. The average molecular weight is 387 g/mol. The van der Waals surface area contributed by atoms with E-state index in [0.29, 0.717) is 10.9 Å². The molecule has 1 N–H and O–H groups in total. The van der Waals surface area contributed by atoms with Crippen LogP contribution in [0, 0.1) is 11.8 Å². The number of thiophene rings is 1. The third kappa shape index (κ3) is 4.74. The van der Waals surface area contributed by atoms with Gasteiger partial charge in [-0.3, -0.25) is 9.59 Å². The van der Waals surface area contributed by atoms with Crippen LogP contribution in [0.2, 0.25) is 0 Å². The van der Waals surface area contributed by atoms with Crippen LogP contribution in [-0.2, 0) is 19.1 Å². The van der Waals surface area contributed by atoms with Gasteiger partial charge in [0.15, 0.2) is 6.61 Å². The lowest BCUT2D eigenvalue weighted by Crippen LogP contribution is -2.22. The number of carbonyl (C=O) groups excluding carboxylic acids is 3. The zero-order valence-corrected chi connectivity index (χ0v) is 16.0. The van der Waals surface area contributed by atoms with Gasteiger partial charge in [-0.05, 0) is 30.9 Å². The van der Waals surface area contributed by atoms with Gasteiger partial charge in [0, 0.05) is 4.88 Å². The fourth-order valence-corrected chi connectivity index (χ4v) is 3.71. The van der Waals surface area contributed by atoms with E-state index >= 15 is 0 Å². The van der Waals surface area contributed by atoms with E-state index in [2.05, 4.69) is 5.32 Å². The fraction of sp³-hybridized carbons (Fsp3) is 0.350. The summed E-state index contributed by atoms with van der Waals surface area (Å²) in [5.74, 6) is -1.11. The highest BCUT2D eigenvalue weighted by Gasteiger charge is 2.40. The van der Waals surface area contributed by atoms with Gasteiger partial charge in [0.2, 0.25) is 0 Å². The van der Waals surface area contributed by atoms with Crippen LogP contribution >= 0.6 is 11.3 Å². The molecule has 1 aliphatic rings. The Bertz CT molecular complexity index is 845. The van der Waals surface area contributed by atoms with Crippen LogP contribution in [0.3, 0.4) is 0 Å². The van der Waals surface area contributed by atoms with Crippen molar-refractivity contribution in [3.8, 4) is 10.4 Å². The number of benzene rings is 1. The predicted molar refractivity (Wildman–Crippen MR) is 103 cm³/mol. The van der Waals surface area contributed by atoms with E-state index in [1.807, 2.05) is 37.3 Å². The summed E-state index contributed by atoms with van der Waals surface area (Å²) in [4.78, 5) is 37.0. The third-order valence-electron chi connectivity index (χ3n) is 4.30. The van der Waals surface area contributed by atoms with Gasteiger partial charge in [0.25, 0.3) is 5.91 Å². The molecule has 1 aromatic heterocycles. The maximum absolute atomic E-state index is 12.2. The number of hydrogen-bond donors (Lipinski definition) is 1. The van der Waals surface area contributed by atoms with Crippen LogP contribution in [0.5, 0.6) is 0 Å². The molecule has 2 aromatic rings. The van der Waals surface area contributed by atoms with Gasteiger partial charge >= 0.3 is 11.9 Å². The van der Waals surface area contributed by atoms with E-state index in [-0.39, 0.29) is 30.7 Å². The first kappa shape index (κ1) is 19.1. The molecule has 0 unspecified atom stereocenters. The molecule has 1 amide bonds. The van der Waals surface area contributed by atoms with Gasteiger partial charge in [-0.25, -0.2) is 4.79 Å². The molecule has 0 aliphatic heterocycles. The standard InChI is InChI=1S/C20H21NO5S/c1-3-25-20(24)15-10-16(13-7-5-4-6-8-13)27-18(15)21-17(22)11-26-19(23)14-9-12(14)2/h4-8,10,12,14H,3,9,11H2,1-2H3,(H,21,22)/t12-,14-/m0/s1. The van der Waals surface area contributed by atoms with Crippen molar-refractivity contribution >= 4 is 34.2 Å². The van der Waals surface area contributed by atoms with Gasteiger partial charge in [-0.1, -0.05) is 37.3 Å². The van der Waals surface area contributed by atoms with Gasteiger partial charge < -0.3 is 14.8 Å². The van der Waals surface area contributed by atoms with Crippen molar-refractivity contribution in [1.82, 2.24) is 0 Å². The highest BCUT2D eigenvalue weighted by Crippen LogP contribution is 2.38. The zero-order valence-electron chi connectivity index (χ0n) is 15.2. The Hall–Kier alpha value is -2.67. The normalized spacial score (nSPS) is 17.9. The quantitative estimate of drug-likeness (QED) is 0.732. The molecule has 0 saturated heterocycles. The number of nitrogens with one attached hydrogen (secondary N) is 1. The molecule has 1 heterocycles. The molecular formula is C20H21NO5S. The molecule has 142 valence electrons. The lowest BCUT2D eigenvalue weighted by Gasteiger charge is -2.07. The maximum Gasteiger partial charge on any atom is 0.341 e. The second-order valence-corrected chi connectivity index (χ2v) is 7.47. The van der Waals surface area contributed by atoms with Crippen molar-refractivity contribution in [2.45, 2.75) is 20.3 Å². The van der Waals surface area contributed by atoms with E-state index in [9.17, 15) is 14.4 Å². The van der Waals surface area contributed by atoms with Crippen molar-refractivity contribution in [1.29, 1.82) is 0 Å². The van der Waals surface area contributed by atoms with Crippen LogP contribution in [0.1, 0.15) is 30.6 Å². The Kier molecular flexibility index (Phi) is 5.91. The summed E-state index contributed by atoms with van der Waals surface area (Å²) in [5, 5.41) is 3.05. The van der Waals surface area contributed by atoms with E-state index < -0.39 is 11.9 Å². The minimum atomic E-state index is -0.505. The minimum Gasteiger partial charge on any atom is -0.462 e. The second-order valence-electron chi connectivity index (χ2n) is 6.42. The van der Waals surface area contributed by atoms with Crippen LogP contribution in [0.25, 0.3) is 10.4 Å². The molecule has 0 bridgehead atoms. The number of amides is 1. The largest absolute Gasteiger partial charge is 0.462 e. The van der Waals surface area contributed by atoms with Gasteiger partial charge in [0.1, 0.15) is 5.00 Å². The lowest BCUT2D eigenvalue weighted by molar-refractivity contribution is -0.148. The van der Waals surface area contributed by atoms with Crippen LogP contribution in [-0.4, -0.2) is 31.1 Å². The monoisotopic (exact) mass is 387 g/mol. The van der Waals surface area contributed by atoms with Crippen LogP contribution in [0.15, 0.2) is 36.4 Å². The number of rotatable bonds is 7. The summed E-state index contributed by atoms with van der Waals surface area (Å²) >= 11 is 1.28. The van der Waals surface area contributed by atoms with Gasteiger partial charge in [-0.15, -0.1) is 11.3 Å². The number of carbonyl (C=O) groups is 3. The molecular weight excluding hydrogens is 366 g/mol. The molecule has 6 nitrogen and oxygen atoms in total. The average Bonchev–Trinajstić information content (AvgIpc) is 3.25. The molecule has 2 atom stereocenters. The molecule has 0 radical (unpaired) electrons. The molecule has 3 rings (SSSR count). The topological polar surface area (TPSA) is 81.7 Å². The molecule has 1 fully saturated rings. The summed E-state index contributed by atoms with van der Waals surface area (Å²) in [6, 6.07) is 11.2. The fourth-order valence-electron chi connectivity index (χ4n) is 2.65. The lowest BCUT2D eigenvalue weighted by atomic mass is 10.1. The van der Waals surface area contributed by atoms with Gasteiger partial charge in [-0.2, -0.15) is 0 Å². The Balaban J connectivity index is 1.72. The smallest absolute Gasteiger partial charge is 0.341 e. The first-order chi connectivity index (χ1) is 13.0. The number of esters is 2. The molecule has 7 heteroatoms. The minimum absolute atomic E-state index is 0.0979. The predicted octanol–water partition coefficient (Wildman–Crippen LogP) is 3.73. The number of ether oxygens (including phenoxy) is 2. The molecule has 0 spiro atoms. The van der Waals surface area contributed by atoms with Crippen molar-refractivity contribution < 1.29 is 23.9 Å². The Labute approximate surface area is 161 Å². The van der Waals surface area contributed by atoms with E-state index in [0.717, 1.165) is 16.9 Å². The zero-order chi connectivity index (χ0) is 19.4. The Morgan fingerprint density at radius 1 is 1.19 bits per heavy atom. The first-order valence-corrected chi connectivity index (χ1v) is 9.64. The summed E-state index contributed by atoms with van der Waals surface area (Å²) < 4.78 is 10.1. The molecule has 27 heavy (non-hydrogen) atoms. The number of hydrogen-bond acceptors (Lipinski definition) is 6. The first-order valence-electron chi connectivity index (χ1n) is 8.82. The highest BCUT2D eigenvalue weighted by molar-refractivity contribution is 7.20. The molecule has 1 saturated carbocycles. The van der Waals surface area contributed by atoms with Crippen molar-refractivity contribution in [3.05, 3.63) is 42.0 Å². The van der Waals surface area contributed by atoms with Crippen LogP contribution < -0.4 is 5.32 Å². The Morgan fingerprint density at radius 2 is 1.89 bits per heavy atom. The molecule has 1 aromatic carbocycles. The van der Waals surface area contributed by atoms with E-state index in [4.69, 9.17) is 9.47 Å². The van der Waals surface area contributed by atoms with Gasteiger partial charge in [0.05, 0.1) is 18.1 Å². The van der Waals surface area contributed by atoms with Crippen molar-refractivity contribution in [2.24, 2.45) is 11.8 Å². The Morgan fingerprint density at radius 3 is 2.52 bits per heavy atom. The summed E-state index contributed by atoms with van der Waals surface area (Å²) in [6.07, 6.45) is 0.804. The van der Waals surface area contributed by atoms with Crippen molar-refractivity contribution in [3.63, 3.8) is 0 Å². The van der Waals surface area contributed by atoms with E-state index in [1.54, 1.807) is 13.0 Å². The second kappa shape index (κ2) is 8.35.